The minimum absolute atomic E-state index is 0.0775. The summed E-state index contributed by atoms with van der Waals surface area (Å²) in [5.74, 6) is -0.313. The van der Waals surface area contributed by atoms with Crippen molar-refractivity contribution in [3.8, 4) is 5.75 Å². The molecule has 0 aliphatic heterocycles. The van der Waals surface area contributed by atoms with E-state index in [1.165, 1.54) is 18.5 Å². The molecule has 2 N–H and O–H groups in total. The molecule has 0 saturated heterocycles. The molecule has 1 aromatic rings. The topological polar surface area (TPSA) is 62.2 Å². The van der Waals surface area contributed by atoms with Crippen LogP contribution < -0.4 is 5.32 Å². The third-order valence-electron chi connectivity index (χ3n) is 2.51. The summed E-state index contributed by atoms with van der Waals surface area (Å²) in [6.45, 7) is 4.12. The molecule has 0 bridgehead atoms. The number of amides is 1. The lowest BCUT2D eigenvalue weighted by atomic mass is 10.1. The van der Waals surface area contributed by atoms with E-state index in [2.05, 4.69) is 17.2 Å². The zero-order valence-electron chi connectivity index (χ0n) is 9.73. The SMILES string of the molecule is CCCC(CC)NC(=O)c1ccncc1O. The van der Waals surface area contributed by atoms with Gasteiger partial charge in [0.15, 0.2) is 0 Å². The Kier molecular flexibility index (Phi) is 4.76. The number of aromatic nitrogens is 1. The molecular weight excluding hydrogens is 204 g/mol. The number of carbonyl (C=O) groups excluding carboxylic acids is 1. The molecule has 1 aromatic heterocycles. The first kappa shape index (κ1) is 12.5. The van der Waals surface area contributed by atoms with Gasteiger partial charge in [0.2, 0.25) is 0 Å². The van der Waals surface area contributed by atoms with Crippen molar-refractivity contribution in [3.63, 3.8) is 0 Å². The van der Waals surface area contributed by atoms with Crippen LogP contribution in [0, 0.1) is 0 Å². The maximum absolute atomic E-state index is 11.8. The number of aromatic hydroxyl groups is 1. The molecule has 4 heteroatoms. The molecule has 0 saturated carbocycles. The lowest BCUT2D eigenvalue weighted by Crippen LogP contribution is -2.34. The molecule has 1 amide bonds. The van der Waals surface area contributed by atoms with Gasteiger partial charge in [0.25, 0.3) is 5.91 Å². The molecule has 4 nitrogen and oxygen atoms in total. The van der Waals surface area contributed by atoms with Crippen LogP contribution in [-0.2, 0) is 0 Å². The van der Waals surface area contributed by atoms with E-state index in [0.29, 0.717) is 0 Å². The van der Waals surface area contributed by atoms with E-state index in [9.17, 15) is 9.90 Å². The highest BCUT2D eigenvalue weighted by atomic mass is 16.3. The lowest BCUT2D eigenvalue weighted by Gasteiger charge is -2.16. The van der Waals surface area contributed by atoms with Gasteiger partial charge in [0.1, 0.15) is 5.75 Å². The highest BCUT2D eigenvalue weighted by molar-refractivity contribution is 5.96. The Labute approximate surface area is 95.7 Å². The van der Waals surface area contributed by atoms with E-state index >= 15 is 0 Å². The Bertz CT molecular complexity index is 353. The first-order valence-corrected chi connectivity index (χ1v) is 5.62. The summed E-state index contributed by atoms with van der Waals surface area (Å²) in [4.78, 5) is 15.5. The lowest BCUT2D eigenvalue weighted by molar-refractivity contribution is 0.0931. The Morgan fingerprint density at radius 3 is 2.88 bits per heavy atom. The first-order valence-electron chi connectivity index (χ1n) is 5.62. The molecular formula is C12H18N2O2. The third kappa shape index (κ3) is 3.22. The highest BCUT2D eigenvalue weighted by Gasteiger charge is 2.14. The van der Waals surface area contributed by atoms with Gasteiger partial charge in [-0.15, -0.1) is 0 Å². The van der Waals surface area contributed by atoms with Crippen LogP contribution in [0.15, 0.2) is 18.5 Å². The maximum Gasteiger partial charge on any atom is 0.255 e. The molecule has 0 aliphatic carbocycles. The summed E-state index contributed by atoms with van der Waals surface area (Å²) in [6.07, 6.45) is 5.64. The van der Waals surface area contributed by atoms with Crippen LogP contribution in [0.25, 0.3) is 0 Å². The summed E-state index contributed by atoms with van der Waals surface area (Å²) in [5, 5.41) is 12.4. The number of nitrogens with zero attached hydrogens (tertiary/aromatic N) is 1. The van der Waals surface area contributed by atoms with Crippen LogP contribution in [0.4, 0.5) is 0 Å². The number of carbonyl (C=O) groups is 1. The summed E-state index contributed by atoms with van der Waals surface area (Å²) in [6, 6.07) is 1.69. The smallest absolute Gasteiger partial charge is 0.255 e. The van der Waals surface area contributed by atoms with Gasteiger partial charge in [0, 0.05) is 12.2 Å². The molecule has 88 valence electrons. The first-order chi connectivity index (χ1) is 7.69. The van der Waals surface area contributed by atoms with E-state index in [1.807, 2.05) is 6.92 Å². The van der Waals surface area contributed by atoms with Crippen molar-refractivity contribution in [3.05, 3.63) is 24.0 Å². The van der Waals surface area contributed by atoms with E-state index in [-0.39, 0.29) is 23.3 Å². The highest BCUT2D eigenvalue weighted by Crippen LogP contribution is 2.14. The molecule has 1 heterocycles. The number of pyridine rings is 1. The zero-order chi connectivity index (χ0) is 12.0. The summed E-state index contributed by atoms with van der Waals surface area (Å²) in [7, 11) is 0. The molecule has 0 spiro atoms. The summed E-state index contributed by atoms with van der Waals surface area (Å²) >= 11 is 0. The van der Waals surface area contributed by atoms with E-state index in [0.717, 1.165) is 19.3 Å². The van der Waals surface area contributed by atoms with Gasteiger partial charge in [-0.2, -0.15) is 0 Å². The average Bonchev–Trinajstić information content (AvgIpc) is 2.28. The second-order valence-corrected chi connectivity index (χ2v) is 3.76. The van der Waals surface area contributed by atoms with Gasteiger partial charge in [-0.05, 0) is 18.9 Å². The second-order valence-electron chi connectivity index (χ2n) is 3.76. The van der Waals surface area contributed by atoms with Crippen LogP contribution >= 0.6 is 0 Å². The number of hydrogen-bond acceptors (Lipinski definition) is 3. The van der Waals surface area contributed by atoms with Crippen molar-refractivity contribution in [1.82, 2.24) is 10.3 Å². The molecule has 0 aliphatic rings. The molecule has 0 radical (unpaired) electrons. The van der Waals surface area contributed by atoms with Gasteiger partial charge in [-0.1, -0.05) is 20.3 Å². The summed E-state index contributed by atoms with van der Waals surface area (Å²) in [5.41, 5.74) is 0.282. The number of hydrogen-bond donors (Lipinski definition) is 2. The number of rotatable bonds is 5. The van der Waals surface area contributed by atoms with Crippen molar-refractivity contribution < 1.29 is 9.90 Å². The van der Waals surface area contributed by atoms with Crippen molar-refractivity contribution in [2.24, 2.45) is 0 Å². The van der Waals surface area contributed by atoms with Crippen molar-refractivity contribution in [2.45, 2.75) is 39.2 Å². The largest absolute Gasteiger partial charge is 0.505 e. The van der Waals surface area contributed by atoms with Gasteiger partial charge < -0.3 is 10.4 Å². The molecule has 1 unspecified atom stereocenters. The van der Waals surface area contributed by atoms with Crippen molar-refractivity contribution in [2.75, 3.05) is 0 Å². The maximum atomic E-state index is 11.8. The fourth-order valence-electron chi connectivity index (χ4n) is 1.57. The zero-order valence-corrected chi connectivity index (χ0v) is 9.73. The van der Waals surface area contributed by atoms with Crippen LogP contribution in [0.5, 0.6) is 5.75 Å². The Morgan fingerprint density at radius 2 is 2.31 bits per heavy atom. The van der Waals surface area contributed by atoms with Gasteiger partial charge in [0.05, 0.1) is 11.8 Å². The molecule has 0 aromatic carbocycles. The molecule has 0 fully saturated rings. The minimum Gasteiger partial charge on any atom is -0.505 e. The molecule has 1 atom stereocenters. The Balaban J connectivity index is 2.68. The van der Waals surface area contributed by atoms with Crippen molar-refractivity contribution >= 4 is 5.91 Å². The third-order valence-corrected chi connectivity index (χ3v) is 2.51. The van der Waals surface area contributed by atoms with Crippen LogP contribution in [-0.4, -0.2) is 22.0 Å². The Hall–Kier alpha value is -1.58. The summed E-state index contributed by atoms with van der Waals surface area (Å²) < 4.78 is 0. The van der Waals surface area contributed by atoms with Gasteiger partial charge in [-0.3, -0.25) is 9.78 Å². The Morgan fingerprint density at radius 1 is 1.56 bits per heavy atom. The average molecular weight is 222 g/mol. The standard InChI is InChI=1S/C12H18N2O2/c1-3-5-9(4-2)14-12(16)10-6-7-13-8-11(10)15/h6-9,15H,3-5H2,1-2H3,(H,14,16). The van der Waals surface area contributed by atoms with Crippen LogP contribution in [0.3, 0.4) is 0 Å². The van der Waals surface area contributed by atoms with Crippen LogP contribution in [0.1, 0.15) is 43.5 Å². The van der Waals surface area contributed by atoms with Crippen molar-refractivity contribution in [1.29, 1.82) is 0 Å². The van der Waals surface area contributed by atoms with Gasteiger partial charge >= 0.3 is 0 Å². The number of nitrogens with one attached hydrogen (secondary N) is 1. The fraction of sp³-hybridized carbons (Fsp3) is 0.500. The van der Waals surface area contributed by atoms with Gasteiger partial charge in [-0.25, -0.2) is 0 Å². The quantitative estimate of drug-likeness (QED) is 0.802. The van der Waals surface area contributed by atoms with E-state index in [4.69, 9.17) is 0 Å². The van der Waals surface area contributed by atoms with E-state index in [1.54, 1.807) is 0 Å². The normalized spacial score (nSPS) is 12.1. The predicted molar refractivity (Wildman–Crippen MR) is 62.4 cm³/mol. The molecule has 1 rings (SSSR count). The van der Waals surface area contributed by atoms with E-state index < -0.39 is 0 Å². The van der Waals surface area contributed by atoms with Crippen LogP contribution in [0.2, 0.25) is 0 Å². The minimum atomic E-state index is -0.236. The molecule has 16 heavy (non-hydrogen) atoms. The predicted octanol–water partition coefficient (Wildman–Crippen LogP) is 2.10. The fourth-order valence-corrected chi connectivity index (χ4v) is 1.57. The second kappa shape index (κ2) is 6.10. The monoisotopic (exact) mass is 222 g/mol.